The normalized spacial score (nSPS) is 16.6. The van der Waals surface area contributed by atoms with Crippen LogP contribution in [0.25, 0.3) is 10.9 Å². The van der Waals surface area contributed by atoms with Crippen molar-refractivity contribution in [1.82, 2.24) is 4.57 Å². The molecule has 0 radical (unpaired) electrons. The zero-order chi connectivity index (χ0) is 18.7. The molecule has 1 N–H and O–H groups in total. The third kappa shape index (κ3) is 3.54. The molecule has 1 aliphatic rings. The number of rotatable bonds is 5. The van der Waals surface area contributed by atoms with E-state index in [0.29, 0.717) is 11.3 Å². The summed E-state index contributed by atoms with van der Waals surface area (Å²) in [5.74, 6) is -0.259. The quantitative estimate of drug-likeness (QED) is 0.830. The molecule has 0 spiro atoms. The van der Waals surface area contributed by atoms with Crippen LogP contribution in [0.1, 0.15) is 61.0 Å². The Labute approximate surface area is 153 Å². The van der Waals surface area contributed by atoms with Crippen molar-refractivity contribution in [3.05, 3.63) is 45.7 Å². The number of aliphatic hydroxyl groups is 1. The summed E-state index contributed by atoms with van der Waals surface area (Å²) in [5, 5.41) is 10.6. The van der Waals surface area contributed by atoms with Crippen molar-refractivity contribution in [3.8, 4) is 0 Å². The molecule has 0 unspecified atom stereocenters. The molecule has 5 nitrogen and oxygen atoms in total. The van der Waals surface area contributed by atoms with Crippen molar-refractivity contribution in [1.29, 1.82) is 0 Å². The van der Waals surface area contributed by atoms with Crippen LogP contribution in [0.4, 0.5) is 0 Å². The summed E-state index contributed by atoms with van der Waals surface area (Å²) in [6.45, 7) is 3.85. The van der Waals surface area contributed by atoms with Crippen molar-refractivity contribution in [2.75, 3.05) is 13.2 Å². The molecule has 1 aliphatic carbocycles. The Morgan fingerprint density at radius 1 is 1.31 bits per heavy atom. The third-order valence-electron chi connectivity index (χ3n) is 5.42. The van der Waals surface area contributed by atoms with Crippen LogP contribution in [0, 0.1) is 12.8 Å². The number of aliphatic hydroxyl groups excluding tert-OH is 1. The van der Waals surface area contributed by atoms with Gasteiger partial charge >= 0.3 is 5.97 Å². The van der Waals surface area contributed by atoms with Crippen LogP contribution in [0.15, 0.2) is 29.2 Å². The topological polar surface area (TPSA) is 68.5 Å². The van der Waals surface area contributed by atoms with Crippen LogP contribution in [0.2, 0.25) is 0 Å². The molecule has 0 bridgehead atoms. The van der Waals surface area contributed by atoms with Crippen molar-refractivity contribution in [2.24, 2.45) is 5.92 Å². The molecule has 26 heavy (non-hydrogen) atoms. The van der Waals surface area contributed by atoms with E-state index in [4.69, 9.17) is 4.74 Å². The van der Waals surface area contributed by atoms with Gasteiger partial charge in [0, 0.05) is 11.6 Å². The van der Waals surface area contributed by atoms with Gasteiger partial charge in [0.25, 0.3) is 0 Å². The molecule has 0 saturated heterocycles. The number of aryl methyl sites for hydroxylation is 1. The van der Waals surface area contributed by atoms with E-state index in [1.165, 1.54) is 6.42 Å². The monoisotopic (exact) mass is 357 g/mol. The van der Waals surface area contributed by atoms with Crippen LogP contribution in [-0.2, 0) is 4.74 Å². The van der Waals surface area contributed by atoms with E-state index in [1.807, 2.05) is 29.7 Å². The van der Waals surface area contributed by atoms with Crippen LogP contribution in [0.3, 0.4) is 0 Å². The van der Waals surface area contributed by atoms with E-state index < -0.39 is 5.97 Å². The fraction of sp³-hybridized carbons (Fsp3) is 0.524. The Bertz CT molecular complexity index is 849. The summed E-state index contributed by atoms with van der Waals surface area (Å²) in [6.07, 6.45) is 7.24. The van der Waals surface area contributed by atoms with Gasteiger partial charge in [-0.15, -0.1) is 0 Å². The Morgan fingerprint density at radius 3 is 2.69 bits per heavy atom. The molecule has 2 aromatic rings. The second kappa shape index (κ2) is 8.04. The average molecular weight is 357 g/mol. The summed E-state index contributed by atoms with van der Waals surface area (Å²) in [5.41, 5.74) is 1.46. The van der Waals surface area contributed by atoms with Gasteiger partial charge in [0.2, 0.25) is 5.43 Å². The van der Waals surface area contributed by atoms with Gasteiger partial charge in [0.05, 0.1) is 24.8 Å². The minimum Gasteiger partial charge on any atom is -0.462 e. The highest BCUT2D eigenvalue weighted by Crippen LogP contribution is 2.34. The smallest absolute Gasteiger partial charge is 0.343 e. The third-order valence-corrected chi connectivity index (χ3v) is 5.42. The lowest BCUT2D eigenvalue weighted by Crippen LogP contribution is -2.29. The maximum Gasteiger partial charge on any atom is 0.343 e. The molecule has 0 aliphatic heterocycles. The van der Waals surface area contributed by atoms with E-state index in [0.717, 1.165) is 36.8 Å². The highest BCUT2D eigenvalue weighted by Gasteiger charge is 2.27. The first-order valence-electron chi connectivity index (χ1n) is 9.50. The minimum absolute atomic E-state index is 0.0151. The zero-order valence-electron chi connectivity index (χ0n) is 15.5. The van der Waals surface area contributed by atoms with E-state index >= 15 is 0 Å². The first kappa shape index (κ1) is 18.6. The maximum atomic E-state index is 12.9. The maximum absolute atomic E-state index is 12.9. The molecule has 0 amide bonds. The van der Waals surface area contributed by atoms with Crippen molar-refractivity contribution in [2.45, 2.75) is 52.0 Å². The Balaban J connectivity index is 2.20. The average Bonchev–Trinajstić information content (AvgIpc) is 2.65. The Hall–Kier alpha value is -2.14. The number of nitrogens with zero attached hydrogens (tertiary/aromatic N) is 1. The lowest BCUT2D eigenvalue weighted by atomic mass is 9.83. The Morgan fingerprint density at radius 2 is 2.04 bits per heavy atom. The number of hydrogen-bond donors (Lipinski definition) is 1. The number of hydrogen-bond acceptors (Lipinski definition) is 4. The summed E-state index contributed by atoms with van der Waals surface area (Å²) in [7, 11) is 0. The van der Waals surface area contributed by atoms with E-state index in [-0.39, 0.29) is 30.2 Å². The number of benzene rings is 1. The van der Waals surface area contributed by atoms with Gasteiger partial charge in [0.1, 0.15) is 5.56 Å². The number of esters is 1. The number of fused-ring (bicyclic) bond motifs is 1. The highest BCUT2D eigenvalue weighted by atomic mass is 16.5. The Kier molecular flexibility index (Phi) is 5.77. The largest absolute Gasteiger partial charge is 0.462 e. The van der Waals surface area contributed by atoms with Gasteiger partial charge < -0.3 is 14.4 Å². The number of aromatic nitrogens is 1. The van der Waals surface area contributed by atoms with Crippen LogP contribution in [0.5, 0.6) is 0 Å². The number of pyridine rings is 1. The van der Waals surface area contributed by atoms with Crippen LogP contribution < -0.4 is 5.43 Å². The lowest BCUT2D eigenvalue weighted by Gasteiger charge is -2.32. The van der Waals surface area contributed by atoms with Gasteiger partial charge in [0.15, 0.2) is 0 Å². The van der Waals surface area contributed by atoms with Crippen molar-refractivity contribution >= 4 is 16.9 Å². The first-order chi connectivity index (χ1) is 12.6. The molecule has 1 heterocycles. The minimum atomic E-state index is -0.602. The number of carbonyl (C=O) groups is 1. The van der Waals surface area contributed by atoms with Crippen molar-refractivity contribution < 1.29 is 14.6 Å². The van der Waals surface area contributed by atoms with Crippen molar-refractivity contribution in [3.63, 3.8) is 0 Å². The second-order valence-electron chi connectivity index (χ2n) is 7.17. The lowest BCUT2D eigenvalue weighted by molar-refractivity contribution is 0.0523. The summed E-state index contributed by atoms with van der Waals surface area (Å²) >= 11 is 0. The SMILES string of the molecule is CCOC(=O)c1cn([C@H](CO)C2CCCCC2)c2ccc(C)cc2c1=O. The van der Waals surface area contributed by atoms with Gasteiger partial charge in [-0.2, -0.15) is 0 Å². The van der Waals surface area contributed by atoms with Crippen LogP contribution >= 0.6 is 0 Å². The molecular weight excluding hydrogens is 330 g/mol. The van der Waals surface area contributed by atoms with Gasteiger partial charge in [-0.3, -0.25) is 4.79 Å². The summed E-state index contributed by atoms with van der Waals surface area (Å²) in [6, 6.07) is 5.53. The second-order valence-corrected chi connectivity index (χ2v) is 7.17. The molecule has 1 atom stereocenters. The predicted molar refractivity (Wildman–Crippen MR) is 102 cm³/mol. The molecule has 1 aromatic carbocycles. The number of carbonyl (C=O) groups excluding carboxylic acids is 1. The molecule has 140 valence electrons. The highest BCUT2D eigenvalue weighted by molar-refractivity contribution is 5.94. The molecule has 1 aromatic heterocycles. The molecule has 3 rings (SSSR count). The summed E-state index contributed by atoms with van der Waals surface area (Å²) in [4.78, 5) is 25.2. The van der Waals surface area contributed by atoms with Gasteiger partial charge in [-0.25, -0.2) is 4.79 Å². The zero-order valence-corrected chi connectivity index (χ0v) is 15.5. The fourth-order valence-electron chi connectivity index (χ4n) is 4.08. The number of ether oxygens (including phenoxy) is 1. The molecular formula is C21H27NO4. The standard InChI is InChI=1S/C21H27NO4/c1-3-26-21(25)17-12-22(19(13-23)15-7-5-4-6-8-15)18-10-9-14(2)11-16(18)20(17)24/h9-12,15,19,23H,3-8,13H2,1-2H3/t19-/m1/s1. The van der Waals surface area contributed by atoms with Gasteiger partial charge in [-0.1, -0.05) is 30.9 Å². The molecule has 5 heteroatoms. The van der Waals surface area contributed by atoms with E-state index in [2.05, 4.69) is 0 Å². The first-order valence-corrected chi connectivity index (χ1v) is 9.50. The van der Waals surface area contributed by atoms with Gasteiger partial charge in [-0.05, 0) is 44.7 Å². The molecule has 1 saturated carbocycles. The predicted octanol–water partition coefficient (Wildman–Crippen LogP) is 3.60. The summed E-state index contributed by atoms with van der Waals surface area (Å²) < 4.78 is 7.02. The van der Waals surface area contributed by atoms with E-state index in [9.17, 15) is 14.7 Å². The van der Waals surface area contributed by atoms with E-state index in [1.54, 1.807) is 13.1 Å². The molecule has 1 fully saturated rings. The fourth-order valence-corrected chi connectivity index (χ4v) is 4.08. The van der Waals surface area contributed by atoms with Crippen LogP contribution in [-0.4, -0.2) is 28.9 Å².